The number of methoxy groups -OCH3 is 1. The van der Waals surface area contributed by atoms with Crippen LogP contribution in [0.2, 0.25) is 0 Å². The van der Waals surface area contributed by atoms with Crippen LogP contribution in [-0.4, -0.2) is 20.3 Å². The van der Waals surface area contributed by atoms with Crippen molar-refractivity contribution in [2.24, 2.45) is 0 Å². The van der Waals surface area contributed by atoms with Crippen molar-refractivity contribution in [2.45, 2.75) is 26.4 Å². The van der Waals surface area contributed by atoms with E-state index in [4.69, 9.17) is 14.2 Å². The first-order chi connectivity index (χ1) is 10.8. The number of hydrogen-bond acceptors (Lipinski definition) is 3. The maximum atomic E-state index is 5.68. The van der Waals surface area contributed by atoms with E-state index in [1.807, 2.05) is 36.4 Å². The van der Waals surface area contributed by atoms with Crippen molar-refractivity contribution in [3.05, 3.63) is 59.7 Å². The predicted octanol–water partition coefficient (Wildman–Crippen LogP) is 4.24. The zero-order valence-electron chi connectivity index (χ0n) is 13.4. The van der Waals surface area contributed by atoms with E-state index < -0.39 is 0 Å². The summed E-state index contributed by atoms with van der Waals surface area (Å²) in [5.74, 6) is 1.74. The third kappa shape index (κ3) is 5.41. The SMILES string of the molecule is CCCc1ccc(OCCOc2ccc(COC)cc2)cc1. The molecule has 2 rings (SSSR count). The summed E-state index contributed by atoms with van der Waals surface area (Å²) in [6.07, 6.45) is 2.28. The van der Waals surface area contributed by atoms with Gasteiger partial charge in [0.15, 0.2) is 0 Å². The van der Waals surface area contributed by atoms with E-state index in [2.05, 4.69) is 19.1 Å². The van der Waals surface area contributed by atoms with Crippen molar-refractivity contribution < 1.29 is 14.2 Å². The molecule has 0 aliphatic heterocycles. The Morgan fingerprint density at radius 2 is 1.23 bits per heavy atom. The molecule has 0 aromatic heterocycles. The van der Waals surface area contributed by atoms with Crippen LogP contribution in [0.3, 0.4) is 0 Å². The Hall–Kier alpha value is -2.00. The van der Waals surface area contributed by atoms with Gasteiger partial charge in [0, 0.05) is 7.11 Å². The topological polar surface area (TPSA) is 27.7 Å². The van der Waals surface area contributed by atoms with Gasteiger partial charge in [0.2, 0.25) is 0 Å². The van der Waals surface area contributed by atoms with Crippen molar-refractivity contribution in [3.8, 4) is 11.5 Å². The Bertz CT molecular complexity index is 480. The van der Waals surface area contributed by atoms with Crippen LogP contribution >= 0.6 is 0 Å². The van der Waals surface area contributed by atoms with Crippen molar-refractivity contribution in [1.82, 2.24) is 0 Å². The summed E-state index contributed by atoms with van der Waals surface area (Å²) in [5.41, 5.74) is 2.49. The minimum absolute atomic E-state index is 0.528. The Morgan fingerprint density at radius 1 is 0.727 bits per heavy atom. The van der Waals surface area contributed by atoms with Gasteiger partial charge < -0.3 is 14.2 Å². The summed E-state index contributed by atoms with van der Waals surface area (Å²) in [5, 5.41) is 0. The molecular formula is C19H24O3. The molecule has 0 spiro atoms. The lowest BCUT2D eigenvalue weighted by Crippen LogP contribution is -2.09. The van der Waals surface area contributed by atoms with Gasteiger partial charge in [0.05, 0.1) is 6.61 Å². The van der Waals surface area contributed by atoms with Crippen LogP contribution in [0, 0.1) is 0 Å². The highest BCUT2D eigenvalue weighted by Gasteiger charge is 1.98. The van der Waals surface area contributed by atoms with Crippen LogP contribution in [0.1, 0.15) is 24.5 Å². The van der Waals surface area contributed by atoms with Gasteiger partial charge in [-0.15, -0.1) is 0 Å². The van der Waals surface area contributed by atoms with Gasteiger partial charge in [-0.05, 0) is 41.8 Å². The molecule has 118 valence electrons. The highest BCUT2D eigenvalue weighted by atomic mass is 16.5. The van der Waals surface area contributed by atoms with Gasteiger partial charge >= 0.3 is 0 Å². The minimum atomic E-state index is 0.528. The molecule has 0 heterocycles. The summed E-state index contributed by atoms with van der Waals surface area (Å²) in [4.78, 5) is 0. The number of rotatable bonds is 9. The van der Waals surface area contributed by atoms with E-state index in [1.165, 1.54) is 5.56 Å². The number of benzene rings is 2. The van der Waals surface area contributed by atoms with Crippen molar-refractivity contribution in [3.63, 3.8) is 0 Å². The highest BCUT2D eigenvalue weighted by Crippen LogP contribution is 2.15. The van der Waals surface area contributed by atoms with Gasteiger partial charge in [0.25, 0.3) is 0 Å². The first-order valence-electron chi connectivity index (χ1n) is 7.74. The Balaban J connectivity index is 1.70. The summed E-state index contributed by atoms with van der Waals surface area (Å²) >= 11 is 0. The van der Waals surface area contributed by atoms with Crippen LogP contribution in [0.5, 0.6) is 11.5 Å². The zero-order valence-corrected chi connectivity index (χ0v) is 13.4. The van der Waals surface area contributed by atoms with E-state index in [0.717, 1.165) is 29.9 Å². The lowest BCUT2D eigenvalue weighted by atomic mass is 10.1. The van der Waals surface area contributed by atoms with E-state index in [-0.39, 0.29) is 0 Å². The standard InChI is InChI=1S/C19H24O3/c1-3-4-16-5-9-18(10-6-16)21-13-14-22-19-11-7-17(8-12-19)15-20-2/h5-12H,3-4,13-15H2,1-2H3. The largest absolute Gasteiger partial charge is 0.490 e. The van der Waals surface area contributed by atoms with Gasteiger partial charge in [-0.25, -0.2) is 0 Å². The van der Waals surface area contributed by atoms with Crippen molar-refractivity contribution >= 4 is 0 Å². The molecule has 0 unspecified atom stereocenters. The Kier molecular flexibility index (Phi) is 6.78. The van der Waals surface area contributed by atoms with Crippen molar-refractivity contribution in [1.29, 1.82) is 0 Å². The molecule has 0 saturated carbocycles. The predicted molar refractivity (Wildman–Crippen MR) is 88.6 cm³/mol. The molecule has 2 aromatic rings. The van der Waals surface area contributed by atoms with E-state index in [1.54, 1.807) is 7.11 Å². The molecule has 3 nitrogen and oxygen atoms in total. The zero-order chi connectivity index (χ0) is 15.6. The van der Waals surface area contributed by atoms with Gasteiger partial charge in [-0.2, -0.15) is 0 Å². The molecule has 2 aromatic carbocycles. The third-order valence-electron chi connectivity index (χ3n) is 3.32. The summed E-state index contributed by atoms with van der Waals surface area (Å²) < 4.78 is 16.4. The van der Waals surface area contributed by atoms with Gasteiger partial charge in [-0.3, -0.25) is 0 Å². The van der Waals surface area contributed by atoms with Crippen LogP contribution in [-0.2, 0) is 17.8 Å². The van der Waals surface area contributed by atoms with Crippen LogP contribution in [0.25, 0.3) is 0 Å². The second-order valence-electron chi connectivity index (χ2n) is 5.17. The van der Waals surface area contributed by atoms with E-state index in [0.29, 0.717) is 19.8 Å². The average molecular weight is 300 g/mol. The second-order valence-corrected chi connectivity index (χ2v) is 5.17. The molecule has 0 N–H and O–H groups in total. The summed E-state index contributed by atoms with van der Waals surface area (Å²) in [7, 11) is 1.69. The first kappa shape index (κ1) is 16.4. The molecule has 0 bridgehead atoms. The highest BCUT2D eigenvalue weighted by molar-refractivity contribution is 5.28. The number of hydrogen-bond donors (Lipinski definition) is 0. The van der Waals surface area contributed by atoms with Crippen molar-refractivity contribution in [2.75, 3.05) is 20.3 Å². The van der Waals surface area contributed by atoms with E-state index >= 15 is 0 Å². The molecule has 0 aliphatic carbocycles. The maximum absolute atomic E-state index is 5.68. The minimum Gasteiger partial charge on any atom is -0.490 e. The first-order valence-corrected chi connectivity index (χ1v) is 7.74. The number of aryl methyl sites for hydroxylation is 1. The van der Waals surface area contributed by atoms with Gasteiger partial charge in [-0.1, -0.05) is 37.6 Å². The summed E-state index contributed by atoms with van der Waals surface area (Å²) in [6.45, 7) is 3.87. The number of ether oxygens (including phenoxy) is 3. The molecule has 0 fully saturated rings. The average Bonchev–Trinajstić information content (AvgIpc) is 2.55. The molecule has 0 atom stereocenters. The molecule has 22 heavy (non-hydrogen) atoms. The molecule has 0 radical (unpaired) electrons. The smallest absolute Gasteiger partial charge is 0.122 e. The lowest BCUT2D eigenvalue weighted by Gasteiger charge is -2.09. The fraction of sp³-hybridized carbons (Fsp3) is 0.368. The molecule has 0 amide bonds. The molecular weight excluding hydrogens is 276 g/mol. The van der Waals surface area contributed by atoms with Gasteiger partial charge in [0.1, 0.15) is 24.7 Å². The lowest BCUT2D eigenvalue weighted by molar-refractivity contribution is 0.184. The van der Waals surface area contributed by atoms with Crippen LogP contribution in [0.4, 0.5) is 0 Å². The van der Waals surface area contributed by atoms with E-state index in [9.17, 15) is 0 Å². The normalized spacial score (nSPS) is 10.5. The molecule has 0 aliphatic rings. The Labute approximate surface area is 132 Å². The fourth-order valence-corrected chi connectivity index (χ4v) is 2.21. The quantitative estimate of drug-likeness (QED) is 0.648. The fourth-order valence-electron chi connectivity index (χ4n) is 2.21. The molecule has 0 saturated heterocycles. The third-order valence-corrected chi connectivity index (χ3v) is 3.32. The summed E-state index contributed by atoms with van der Waals surface area (Å²) in [6, 6.07) is 16.2. The van der Waals surface area contributed by atoms with Crippen LogP contribution in [0.15, 0.2) is 48.5 Å². The monoisotopic (exact) mass is 300 g/mol. The maximum Gasteiger partial charge on any atom is 0.122 e. The molecule has 3 heteroatoms. The van der Waals surface area contributed by atoms with Crippen LogP contribution < -0.4 is 9.47 Å². The second kappa shape index (κ2) is 9.11. The Morgan fingerprint density at radius 3 is 1.68 bits per heavy atom.